The van der Waals surface area contributed by atoms with Gasteiger partial charge in [-0.3, -0.25) is 4.79 Å². The van der Waals surface area contributed by atoms with Crippen molar-refractivity contribution >= 4 is 15.9 Å². The third kappa shape index (κ3) is 3.10. The maximum atomic E-state index is 13.0. The number of hydrogen-bond donors (Lipinski definition) is 1. The van der Waals surface area contributed by atoms with Crippen LogP contribution >= 0.6 is 0 Å². The largest absolute Gasteiger partial charge is 0.490 e. The molecule has 8 nitrogen and oxygen atoms in total. The standard InChI is InChI=1S/C18H21N3O5S/c1-11(2)17-16(19-10-26-17)18(22)20-12-7-13-9-25-14-5-3-4-6-15(14)27(23,24)21(13)8-12/h3-6,10-13H,7-9H2,1-2H3,(H,20,22)/t12-,13-/m0/s1. The minimum Gasteiger partial charge on any atom is -0.490 e. The average molecular weight is 391 g/mol. The molecule has 1 N–H and O–H groups in total. The summed E-state index contributed by atoms with van der Waals surface area (Å²) in [5.74, 6) is 0.562. The van der Waals surface area contributed by atoms with Crippen LogP contribution < -0.4 is 10.1 Å². The number of amides is 1. The number of carbonyl (C=O) groups excluding carboxylic acids is 1. The second kappa shape index (κ2) is 6.65. The smallest absolute Gasteiger partial charge is 0.273 e. The number of hydrogen-bond acceptors (Lipinski definition) is 6. The normalized spacial score (nSPS) is 24.0. The van der Waals surface area contributed by atoms with Crippen molar-refractivity contribution in [3.63, 3.8) is 0 Å². The van der Waals surface area contributed by atoms with Crippen molar-refractivity contribution in [1.82, 2.24) is 14.6 Å². The highest BCUT2D eigenvalue weighted by Gasteiger charge is 2.44. The van der Waals surface area contributed by atoms with E-state index in [-0.39, 0.29) is 47.6 Å². The lowest BCUT2D eigenvalue weighted by Crippen LogP contribution is -2.39. The van der Waals surface area contributed by atoms with Gasteiger partial charge in [0.15, 0.2) is 12.1 Å². The van der Waals surface area contributed by atoms with E-state index in [4.69, 9.17) is 9.15 Å². The van der Waals surface area contributed by atoms with Crippen LogP contribution in [0.15, 0.2) is 40.0 Å². The molecule has 1 aromatic carbocycles. The van der Waals surface area contributed by atoms with Crippen LogP contribution in [-0.4, -0.2) is 48.8 Å². The van der Waals surface area contributed by atoms with E-state index >= 15 is 0 Å². The molecule has 1 saturated heterocycles. The van der Waals surface area contributed by atoms with Crippen LogP contribution in [-0.2, 0) is 10.0 Å². The van der Waals surface area contributed by atoms with Gasteiger partial charge in [-0.05, 0) is 18.6 Å². The number of ether oxygens (including phenoxy) is 1. The Balaban J connectivity index is 1.54. The van der Waals surface area contributed by atoms with Gasteiger partial charge in [0.05, 0.1) is 6.04 Å². The molecule has 2 aliphatic rings. The molecule has 0 spiro atoms. The van der Waals surface area contributed by atoms with Crippen LogP contribution in [0.5, 0.6) is 5.75 Å². The minimum atomic E-state index is -3.68. The topological polar surface area (TPSA) is 102 Å². The first-order valence-corrected chi connectivity index (χ1v) is 10.3. The molecule has 0 radical (unpaired) electrons. The number of aromatic nitrogens is 1. The summed E-state index contributed by atoms with van der Waals surface area (Å²) >= 11 is 0. The number of benzene rings is 1. The summed E-state index contributed by atoms with van der Waals surface area (Å²) in [5.41, 5.74) is 0.247. The fourth-order valence-corrected chi connectivity index (χ4v) is 5.42. The maximum absolute atomic E-state index is 13.0. The Labute approximate surface area is 157 Å². The number of nitrogens with zero attached hydrogens (tertiary/aromatic N) is 2. The monoisotopic (exact) mass is 391 g/mol. The van der Waals surface area contributed by atoms with Crippen LogP contribution in [0.4, 0.5) is 0 Å². The molecule has 3 heterocycles. The van der Waals surface area contributed by atoms with Gasteiger partial charge in [-0.25, -0.2) is 13.4 Å². The van der Waals surface area contributed by atoms with Gasteiger partial charge in [-0.1, -0.05) is 26.0 Å². The van der Waals surface area contributed by atoms with Crippen molar-refractivity contribution in [1.29, 1.82) is 0 Å². The number of fused-ring (bicyclic) bond motifs is 2. The third-order valence-corrected chi connectivity index (χ3v) is 6.86. The number of rotatable bonds is 3. The molecular weight excluding hydrogens is 370 g/mol. The van der Waals surface area contributed by atoms with Gasteiger partial charge in [0.1, 0.15) is 23.0 Å². The molecule has 1 aromatic heterocycles. The molecular formula is C18H21N3O5S. The van der Waals surface area contributed by atoms with Gasteiger partial charge < -0.3 is 14.5 Å². The average Bonchev–Trinajstić information content (AvgIpc) is 3.25. The molecule has 144 valence electrons. The molecule has 0 aliphatic carbocycles. The summed E-state index contributed by atoms with van der Waals surface area (Å²) in [6, 6.07) is 5.98. The molecule has 0 saturated carbocycles. The summed E-state index contributed by atoms with van der Waals surface area (Å²) in [7, 11) is -3.68. The van der Waals surface area contributed by atoms with Crippen molar-refractivity contribution in [2.75, 3.05) is 13.2 Å². The second-order valence-corrected chi connectivity index (χ2v) is 8.97. The van der Waals surface area contributed by atoms with E-state index in [1.165, 1.54) is 10.7 Å². The Morgan fingerprint density at radius 2 is 2.11 bits per heavy atom. The first-order chi connectivity index (χ1) is 12.9. The van der Waals surface area contributed by atoms with Crippen molar-refractivity contribution in [3.8, 4) is 5.75 Å². The van der Waals surface area contributed by atoms with E-state index < -0.39 is 10.0 Å². The van der Waals surface area contributed by atoms with E-state index in [1.54, 1.807) is 24.3 Å². The first kappa shape index (κ1) is 18.0. The van der Waals surface area contributed by atoms with Gasteiger partial charge in [0, 0.05) is 18.5 Å². The third-order valence-electron chi connectivity index (χ3n) is 4.90. The van der Waals surface area contributed by atoms with Crippen LogP contribution in [0.3, 0.4) is 0 Å². The molecule has 2 aromatic rings. The lowest BCUT2D eigenvalue weighted by molar-refractivity contribution is 0.0931. The van der Waals surface area contributed by atoms with Gasteiger partial charge in [-0.15, -0.1) is 0 Å². The fraction of sp³-hybridized carbons (Fsp3) is 0.444. The molecule has 0 unspecified atom stereocenters. The van der Waals surface area contributed by atoms with Crippen LogP contribution in [0.2, 0.25) is 0 Å². The second-order valence-electron chi connectivity index (χ2n) is 7.11. The Hall–Kier alpha value is -2.39. The van der Waals surface area contributed by atoms with Crippen LogP contribution in [0, 0.1) is 0 Å². The van der Waals surface area contributed by atoms with Gasteiger partial charge in [0.25, 0.3) is 5.91 Å². The van der Waals surface area contributed by atoms with Gasteiger partial charge >= 0.3 is 0 Å². The number of nitrogens with one attached hydrogen (secondary N) is 1. The van der Waals surface area contributed by atoms with E-state index in [1.807, 2.05) is 13.8 Å². The number of sulfonamides is 1. The molecule has 27 heavy (non-hydrogen) atoms. The predicted molar refractivity (Wildman–Crippen MR) is 96.1 cm³/mol. The minimum absolute atomic E-state index is 0.0250. The van der Waals surface area contributed by atoms with E-state index in [9.17, 15) is 13.2 Å². The van der Waals surface area contributed by atoms with E-state index in [0.717, 1.165) is 0 Å². The SMILES string of the molecule is CC(C)c1ocnc1C(=O)N[C@H]1C[C@H]2COc3ccccc3S(=O)(=O)N2C1. The maximum Gasteiger partial charge on any atom is 0.273 e. The lowest BCUT2D eigenvalue weighted by Gasteiger charge is -2.19. The van der Waals surface area contributed by atoms with Crippen molar-refractivity contribution < 1.29 is 22.4 Å². The van der Waals surface area contributed by atoms with Crippen molar-refractivity contribution in [2.24, 2.45) is 0 Å². The summed E-state index contributed by atoms with van der Waals surface area (Å²) in [4.78, 5) is 16.8. The fourth-order valence-electron chi connectivity index (χ4n) is 3.62. The zero-order valence-corrected chi connectivity index (χ0v) is 15.9. The molecule has 1 fully saturated rings. The highest BCUT2D eigenvalue weighted by molar-refractivity contribution is 7.89. The Bertz CT molecular complexity index is 969. The van der Waals surface area contributed by atoms with Gasteiger partial charge in [-0.2, -0.15) is 4.31 Å². The zero-order valence-electron chi connectivity index (χ0n) is 15.1. The highest BCUT2D eigenvalue weighted by atomic mass is 32.2. The molecule has 9 heteroatoms. The summed E-state index contributed by atoms with van der Waals surface area (Å²) in [6.07, 6.45) is 1.73. The number of oxazole rings is 1. The summed E-state index contributed by atoms with van der Waals surface area (Å²) in [6.45, 7) is 4.28. The van der Waals surface area contributed by atoms with Crippen molar-refractivity contribution in [2.45, 2.75) is 43.2 Å². The molecule has 0 bridgehead atoms. The molecule has 2 atom stereocenters. The Kier molecular flexibility index (Phi) is 4.43. The predicted octanol–water partition coefficient (Wildman–Crippen LogP) is 1.75. The number of para-hydroxylation sites is 1. The molecule has 1 amide bonds. The Morgan fingerprint density at radius 1 is 1.33 bits per heavy atom. The first-order valence-electron chi connectivity index (χ1n) is 8.86. The van der Waals surface area contributed by atoms with E-state index in [2.05, 4.69) is 10.3 Å². The highest BCUT2D eigenvalue weighted by Crippen LogP contribution is 2.35. The van der Waals surface area contributed by atoms with Crippen molar-refractivity contribution in [3.05, 3.63) is 42.1 Å². The quantitative estimate of drug-likeness (QED) is 0.855. The lowest BCUT2D eigenvalue weighted by atomic mass is 10.1. The van der Waals surface area contributed by atoms with Crippen LogP contribution in [0.1, 0.15) is 42.4 Å². The Morgan fingerprint density at radius 3 is 2.89 bits per heavy atom. The summed E-state index contributed by atoms with van der Waals surface area (Å²) in [5, 5.41) is 2.89. The van der Waals surface area contributed by atoms with Crippen LogP contribution in [0.25, 0.3) is 0 Å². The molecule has 4 rings (SSSR count). The zero-order chi connectivity index (χ0) is 19.2. The number of carbonyl (C=O) groups is 1. The van der Waals surface area contributed by atoms with Gasteiger partial charge in [0.2, 0.25) is 10.0 Å². The van der Waals surface area contributed by atoms with E-state index in [0.29, 0.717) is 17.9 Å². The molecule has 2 aliphatic heterocycles. The summed E-state index contributed by atoms with van der Waals surface area (Å²) < 4.78 is 38.5.